The minimum absolute atomic E-state index is 0.158. The van der Waals surface area contributed by atoms with E-state index in [2.05, 4.69) is 37.2 Å². The van der Waals surface area contributed by atoms with Crippen molar-refractivity contribution in [2.75, 3.05) is 12.0 Å². The molecule has 1 aliphatic heterocycles. The van der Waals surface area contributed by atoms with E-state index < -0.39 is 0 Å². The van der Waals surface area contributed by atoms with Crippen LogP contribution in [0.3, 0.4) is 0 Å². The molecule has 1 aromatic carbocycles. The number of benzene rings is 1. The Kier molecular flexibility index (Phi) is 4.66. The molecule has 122 valence electrons. The van der Waals surface area contributed by atoms with Crippen molar-refractivity contribution >= 4 is 11.6 Å². The van der Waals surface area contributed by atoms with Gasteiger partial charge in [-0.2, -0.15) is 0 Å². The number of anilines is 1. The quantitative estimate of drug-likeness (QED) is 0.510. The summed E-state index contributed by atoms with van der Waals surface area (Å²) in [5, 5.41) is 0. The van der Waals surface area contributed by atoms with Crippen molar-refractivity contribution < 1.29 is 9.53 Å². The van der Waals surface area contributed by atoms with Gasteiger partial charge in [0.05, 0.1) is 12.8 Å². The van der Waals surface area contributed by atoms with Gasteiger partial charge in [-0.1, -0.05) is 26.0 Å². The summed E-state index contributed by atoms with van der Waals surface area (Å²) in [5.74, 6) is 6.46. The Labute approximate surface area is 132 Å². The highest BCUT2D eigenvalue weighted by Gasteiger charge is 2.43. The van der Waals surface area contributed by atoms with E-state index in [4.69, 9.17) is 10.6 Å². The van der Waals surface area contributed by atoms with Crippen LogP contribution in [0.15, 0.2) is 18.2 Å². The molecular weight excluding hydrogens is 278 g/mol. The fourth-order valence-corrected chi connectivity index (χ4v) is 3.78. The van der Waals surface area contributed by atoms with E-state index in [0.717, 1.165) is 17.9 Å². The van der Waals surface area contributed by atoms with Crippen molar-refractivity contribution in [3.8, 4) is 5.75 Å². The zero-order valence-electron chi connectivity index (χ0n) is 14.1. The summed E-state index contributed by atoms with van der Waals surface area (Å²) in [4.78, 5) is 14.5. The lowest BCUT2D eigenvalue weighted by atomic mass is 9.78. The van der Waals surface area contributed by atoms with Crippen molar-refractivity contribution in [2.45, 2.75) is 58.0 Å². The summed E-state index contributed by atoms with van der Waals surface area (Å²) < 4.78 is 5.59. The second-order valence-electron chi connectivity index (χ2n) is 6.62. The first kappa shape index (κ1) is 16.6. The van der Waals surface area contributed by atoms with Gasteiger partial charge >= 0.3 is 0 Å². The summed E-state index contributed by atoms with van der Waals surface area (Å²) in [6, 6.07) is 5.77. The molecule has 1 aromatic rings. The number of amides is 1. The van der Waals surface area contributed by atoms with E-state index in [1.165, 1.54) is 5.56 Å². The van der Waals surface area contributed by atoms with Crippen LogP contribution >= 0.6 is 0 Å². The molecule has 0 aliphatic carbocycles. The number of carbonyl (C=O) groups is 1. The number of hydrogen-bond donors (Lipinski definition) is 2. The predicted molar refractivity (Wildman–Crippen MR) is 89.0 cm³/mol. The van der Waals surface area contributed by atoms with Crippen LogP contribution in [-0.4, -0.2) is 24.6 Å². The molecule has 0 saturated heterocycles. The highest BCUT2D eigenvalue weighted by atomic mass is 16.5. The van der Waals surface area contributed by atoms with E-state index in [1.54, 1.807) is 7.11 Å². The molecule has 0 bridgehead atoms. The number of nitrogens with two attached hydrogens (primary N) is 1. The average Bonchev–Trinajstić information content (AvgIpc) is 2.49. The van der Waals surface area contributed by atoms with E-state index >= 15 is 0 Å². The highest BCUT2D eigenvalue weighted by Crippen LogP contribution is 2.48. The SMILES string of the molecule is CC[C@H](C(=O)NN)N1c2c(OC)cccc2[C@@H](C)CC1(C)C. The summed E-state index contributed by atoms with van der Waals surface area (Å²) in [6.07, 6.45) is 1.65. The molecule has 3 N–H and O–H groups in total. The van der Waals surface area contributed by atoms with E-state index in [1.807, 2.05) is 19.1 Å². The van der Waals surface area contributed by atoms with Crippen molar-refractivity contribution in [3.63, 3.8) is 0 Å². The van der Waals surface area contributed by atoms with E-state index in [0.29, 0.717) is 12.3 Å². The number of para-hydroxylation sites is 1. The van der Waals surface area contributed by atoms with Crippen LogP contribution < -0.4 is 20.9 Å². The van der Waals surface area contributed by atoms with Gasteiger partial charge in [0.25, 0.3) is 5.91 Å². The summed E-state index contributed by atoms with van der Waals surface area (Å²) >= 11 is 0. The molecule has 0 aromatic heterocycles. The highest BCUT2D eigenvalue weighted by molar-refractivity contribution is 5.87. The molecule has 0 spiro atoms. The van der Waals surface area contributed by atoms with Crippen LogP contribution in [0.25, 0.3) is 0 Å². The van der Waals surface area contributed by atoms with Gasteiger partial charge in [0.1, 0.15) is 11.8 Å². The number of fused-ring (bicyclic) bond motifs is 1. The maximum atomic E-state index is 12.3. The molecule has 2 rings (SSSR count). The Bertz CT molecular complexity index is 557. The first-order valence-electron chi connectivity index (χ1n) is 7.84. The van der Waals surface area contributed by atoms with Gasteiger partial charge in [0, 0.05) is 5.54 Å². The smallest absolute Gasteiger partial charge is 0.256 e. The molecule has 5 nitrogen and oxygen atoms in total. The van der Waals surface area contributed by atoms with Gasteiger partial charge in [-0.3, -0.25) is 10.2 Å². The topological polar surface area (TPSA) is 67.6 Å². The van der Waals surface area contributed by atoms with Crippen molar-refractivity contribution in [1.82, 2.24) is 5.43 Å². The van der Waals surface area contributed by atoms with Crippen molar-refractivity contribution in [2.24, 2.45) is 5.84 Å². The lowest BCUT2D eigenvalue weighted by molar-refractivity contribution is -0.122. The van der Waals surface area contributed by atoms with Gasteiger partial charge in [-0.05, 0) is 44.2 Å². The van der Waals surface area contributed by atoms with Gasteiger partial charge in [0.15, 0.2) is 0 Å². The van der Waals surface area contributed by atoms with Crippen LogP contribution in [0.5, 0.6) is 5.75 Å². The lowest BCUT2D eigenvalue weighted by Crippen LogP contribution is -2.59. The molecule has 0 fully saturated rings. The zero-order chi connectivity index (χ0) is 16.5. The maximum absolute atomic E-state index is 12.3. The summed E-state index contributed by atoms with van der Waals surface area (Å²) in [6.45, 7) is 8.57. The monoisotopic (exact) mass is 305 g/mol. The second kappa shape index (κ2) is 6.16. The number of rotatable bonds is 4. The molecule has 2 atom stereocenters. The second-order valence-corrected chi connectivity index (χ2v) is 6.62. The molecule has 0 saturated carbocycles. The number of ether oxygens (including phenoxy) is 1. The number of methoxy groups -OCH3 is 1. The van der Waals surface area contributed by atoms with Gasteiger partial charge < -0.3 is 9.64 Å². The van der Waals surface area contributed by atoms with Crippen LogP contribution in [0.1, 0.15) is 52.0 Å². The molecule has 22 heavy (non-hydrogen) atoms. The third-order valence-electron chi connectivity index (χ3n) is 4.62. The maximum Gasteiger partial charge on any atom is 0.256 e. The Morgan fingerprint density at radius 3 is 2.77 bits per heavy atom. The fraction of sp³-hybridized carbons (Fsp3) is 0.588. The third kappa shape index (κ3) is 2.65. The number of hydrazine groups is 1. The third-order valence-corrected chi connectivity index (χ3v) is 4.62. The molecule has 5 heteroatoms. The standard InChI is InChI=1S/C17H27N3O2/c1-6-13(16(21)19-18)20-15-12(8-7-9-14(15)22-5)11(2)10-17(20,3)4/h7-9,11,13H,6,10,18H2,1-5H3,(H,19,21)/t11-,13+/m0/s1. The molecule has 0 radical (unpaired) electrons. The lowest BCUT2D eigenvalue weighted by Gasteiger charge is -2.50. The molecule has 1 heterocycles. The number of nitrogens with one attached hydrogen (secondary N) is 1. The molecule has 0 unspecified atom stereocenters. The van der Waals surface area contributed by atoms with Gasteiger partial charge in [0.2, 0.25) is 0 Å². The van der Waals surface area contributed by atoms with Crippen molar-refractivity contribution in [3.05, 3.63) is 23.8 Å². The minimum Gasteiger partial charge on any atom is -0.495 e. The predicted octanol–water partition coefficient (Wildman–Crippen LogP) is 2.56. The number of nitrogens with zero attached hydrogens (tertiary/aromatic N) is 1. The summed E-state index contributed by atoms with van der Waals surface area (Å²) in [7, 11) is 1.67. The van der Waals surface area contributed by atoms with Crippen molar-refractivity contribution in [1.29, 1.82) is 0 Å². The summed E-state index contributed by atoms with van der Waals surface area (Å²) in [5.41, 5.74) is 4.39. The Hall–Kier alpha value is -1.75. The normalized spacial score (nSPS) is 21.0. The number of hydrogen-bond acceptors (Lipinski definition) is 4. The number of carbonyl (C=O) groups excluding carboxylic acids is 1. The minimum atomic E-state index is -0.317. The Balaban J connectivity index is 2.65. The molecule has 1 aliphatic rings. The average molecular weight is 305 g/mol. The van der Waals surface area contributed by atoms with Crippen LogP contribution in [-0.2, 0) is 4.79 Å². The first-order chi connectivity index (χ1) is 10.4. The van der Waals surface area contributed by atoms with Gasteiger partial charge in [-0.25, -0.2) is 5.84 Å². The van der Waals surface area contributed by atoms with Crippen LogP contribution in [0.4, 0.5) is 5.69 Å². The first-order valence-corrected chi connectivity index (χ1v) is 7.84. The fourth-order valence-electron chi connectivity index (χ4n) is 3.78. The van der Waals surface area contributed by atoms with E-state index in [9.17, 15) is 4.79 Å². The van der Waals surface area contributed by atoms with E-state index in [-0.39, 0.29) is 17.5 Å². The van der Waals surface area contributed by atoms with Gasteiger partial charge in [-0.15, -0.1) is 0 Å². The Morgan fingerprint density at radius 1 is 1.55 bits per heavy atom. The van der Waals surface area contributed by atoms with Crippen LogP contribution in [0, 0.1) is 0 Å². The Morgan fingerprint density at radius 2 is 2.23 bits per heavy atom. The molecular formula is C17H27N3O2. The largest absolute Gasteiger partial charge is 0.495 e. The zero-order valence-corrected chi connectivity index (χ0v) is 14.1. The van der Waals surface area contributed by atoms with Crippen LogP contribution in [0.2, 0.25) is 0 Å². The molecule has 1 amide bonds.